The summed E-state index contributed by atoms with van der Waals surface area (Å²) in [5, 5.41) is 5.32. The first-order valence-electron chi connectivity index (χ1n) is 6.97. The van der Waals surface area contributed by atoms with Crippen LogP contribution >= 0.6 is 34.3 Å². The average Bonchev–Trinajstić information content (AvgIpc) is 3.31. The Bertz CT molecular complexity index is 957. The van der Waals surface area contributed by atoms with Crippen LogP contribution in [0.2, 0.25) is 5.02 Å². The van der Waals surface area contributed by atoms with E-state index in [9.17, 15) is 4.79 Å². The molecule has 1 aliphatic heterocycles. The fourth-order valence-electron chi connectivity index (χ4n) is 2.13. The Kier molecular flexibility index (Phi) is 4.02. The highest BCUT2D eigenvalue weighted by Gasteiger charge is 2.25. The second-order valence-corrected chi connectivity index (χ2v) is 7.14. The number of aromatic nitrogens is 1. The summed E-state index contributed by atoms with van der Waals surface area (Å²) in [5.74, 6) is -0.117. The van der Waals surface area contributed by atoms with Gasteiger partial charge in [-0.3, -0.25) is 0 Å². The van der Waals surface area contributed by atoms with E-state index in [1.54, 1.807) is 6.08 Å². The predicted molar refractivity (Wildman–Crippen MR) is 97.5 cm³/mol. The van der Waals surface area contributed by atoms with E-state index in [4.69, 9.17) is 16.3 Å². The number of thiazole rings is 1. The van der Waals surface area contributed by atoms with Gasteiger partial charge in [0, 0.05) is 16.0 Å². The van der Waals surface area contributed by atoms with Crippen molar-refractivity contribution in [1.29, 1.82) is 0 Å². The molecule has 0 atom stereocenters. The highest BCUT2D eigenvalue weighted by molar-refractivity contribution is 7.13. The molecule has 4 rings (SSSR count). The Morgan fingerprint density at radius 1 is 1.12 bits per heavy atom. The number of rotatable bonds is 3. The van der Waals surface area contributed by atoms with Gasteiger partial charge in [0.25, 0.3) is 0 Å². The van der Waals surface area contributed by atoms with Crippen LogP contribution in [0.4, 0.5) is 0 Å². The first-order valence-corrected chi connectivity index (χ1v) is 9.11. The van der Waals surface area contributed by atoms with Gasteiger partial charge >= 0.3 is 5.97 Å². The molecule has 0 aliphatic carbocycles. The number of ether oxygens (including phenoxy) is 1. The number of nitrogens with zero attached hydrogens (tertiary/aromatic N) is 2. The molecule has 0 unspecified atom stereocenters. The zero-order valence-corrected chi connectivity index (χ0v) is 14.5. The molecule has 118 valence electrons. The van der Waals surface area contributed by atoms with Crippen molar-refractivity contribution in [1.82, 2.24) is 4.98 Å². The molecule has 0 saturated heterocycles. The summed E-state index contributed by atoms with van der Waals surface area (Å²) in [6.07, 6.45) is 1.64. The maximum absolute atomic E-state index is 12.0. The number of halogens is 1. The van der Waals surface area contributed by atoms with Gasteiger partial charge in [-0.25, -0.2) is 14.8 Å². The minimum Gasteiger partial charge on any atom is -0.401 e. The van der Waals surface area contributed by atoms with Crippen LogP contribution < -0.4 is 0 Å². The van der Waals surface area contributed by atoms with Crippen molar-refractivity contribution in [2.75, 3.05) is 0 Å². The smallest absolute Gasteiger partial charge is 0.363 e. The predicted octanol–water partition coefficient (Wildman–Crippen LogP) is 4.87. The lowest BCUT2D eigenvalue weighted by Crippen LogP contribution is -2.03. The fourth-order valence-corrected chi connectivity index (χ4v) is 3.69. The first-order chi connectivity index (χ1) is 11.7. The number of aliphatic imine (C=N–C) groups is 1. The quantitative estimate of drug-likeness (QED) is 0.487. The first kappa shape index (κ1) is 15.3. The third-order valence-corrected chi connectivity index (χ3v) is 5.27. The summed E-state index contributed by atoms with van der Waals surface area (Å²) in [5.41, 5.74) is 1.91. The molecule has 1 aromatic carbocycles. The molecule has 0 fully saturated rings. The van der Waals surface area contributed by atoms with Crippen LogP contribution in [0.3, 0.4) is 0 Å². The maximum Gasteiger partial charge on any atom is 0.363 e. The lowest BCUT2D eigenvalue weighted by Gasteiger charge is -1.95. The van der Waals surface area contributed by atoms with Crippen molar-refractivity contribution in [3.05, 3.63) is 68.4 Å². The lowest BCUT2D eigenvalue weighted by atomic mass is 10.2. The topological polar surface area (TPSA) is 51.5 Å². The lowest BCUT2D eigenvalue weighted by molar-refractivity contribution is -0.129. The van der Waals surface area contributed by atoms with Gasteiger partial charge in [0.05, 0.1) is 10.6 Å². The van der Waals surface area contributed by atoms with E-state index in [0.29, 0.717) is 16.6 Å². The van der Waals surface area contributed by atoms with E-state index in [2.05, 4.69) is 9.98 Å². The number of hydrogen-bond donors (Lipinski definition) is 0. The van der Waals surface area contributed by atoms with E-state index < -0.39 is 5.97 Å². The van der Waals surface area contributed by atoms with Crippen LogP contribution in [-0.2, 0) is 9.53 Å². The van der Waals surface area contributed by atoms with Gasteiger partial charge in [0.1, 0.15) is 5.01 Å². The van der Waals surface area contributed by atoms with Crippen molar-refractivity contribution < 1.29 is 9.53 Å². The van der Waals surface area contributed by atoms with Crippen molar-refractivity contribution >= 4 is 52.2 Å². The molecule has 0 radical (unpaired) electrons. The highest BCUT2D eigenvalue weighted by Crippen LogP contribution is 2.27. The van der Waals surface area contributed by atoms with E-state index in [0.717, 1.165) is 15.4 Å². The average molecular weight is 373 g/mol. The Morgan fingerprint density at radius 2 is 1.96 bits per heavy atom. The van der Waals surface area contributed by atoms with Gasteiger partial charge in [-0.15, -0.1) is 22.7 Å². The number of esters is 1. The highest BCUT2D eigenvalue weighted by atomic mass is 35.5. The minimum atomic E-state index is -0.459. The Balaban J connectivity index is 1.62. The molecule has 0 N–H and O–H groups in total. The normalized spacial score (nSPS) is 15.6. The zero-order chi connectivity index (χ0) is 16.5. The Labute approximate surface area is 150 Å². The van der Waals surface area contributed by atoms with Crippen molar-refractivity contribution in [2.24, 2.45) is 4.99 Å². The van der Waals surface area contributed by atoms with Gasteiger partial charge in [0.15, 0.2) is 5.70 Å². The van der Waals surface area contributed by atoms with E-state index in [1.807, 2.05) is 47.2 Å². The molecule has 7 heteroatoms. The molecule has 4 nitrogen and oxygen atoms in total. The summed E-state index contributed by atoms with van der Waals surface area (Å²) in [4.78, 5) is 21.6. The third-order valence-electron chi connectivity index (χ3n) is 3.25. The number of thiophene rings is 1. The molecule has 0 saturated carbocycles. The van der Waals surface area contributed by atoms with Crippen LogP contribution in [-0.4, -0.2) is 16.9 Å². The number of cyclic esters (lactones) is 1. The summed E-state index contributed by atoms with van der Waals surface area (Å²) < 4.78 is 5.21. The molecule has 1 aliphatic rings. The standard InChI is InChI=1S/C17H9ClN2O2S2/c18-11-5-3-10(4-6-11)16-19-12(9-24-16)8-13-17(21)22-15(20-13)14-2-1-7-23-14/h1-9H/b13-8+. The molecule has 0 amide bonds. The second-order valence-electron chi connectivity index (χ2n) is 4.90. The minimum absolute atomic E-state index is 0.256. The van der Waals surface area contributed by atoms with Crippen LogP contribution in [0.1, 0.15) is 10.6 Å². The summed E-state index contributed by atoms with van der Waals surface area (Å²) in [7, 11) is 0. The number of carbonyl (C=O) groups is 1. The van der Waals surface area contributed by atoms with Crippen molar-refractivity contribution in [3.8, 4) is 10.6 Å². The van der Waals surface area contributed by atoms with Crippen molar-refractivity contribution in [3.63, 3.8) is 0 Å². The van der Waals surface area contributed by atoms with Gasteiger partial charge in [0.2, 0.25) is 5.90 Å². The molecule has 2 aromatic heterocycles. The monoisotopic (exact) mass is 372 g/mol. The molecule has 3 aromatic rings. The largest absolute Gasteiger partial charge is 0.401 e. The van der Waals surface area contributed by atoms with Gasteiger partial charge in [-0.1, -0.05) is 29.8 Å². The number of carbonyl (C=O) groups excluding carboxylic acids is 1. The van der Waals surface area contributed by atoms with Gasteiger partial charge in [-0.05, 0) is 29.7 Å². The van der Waals surface area contributed by atoms with Gasteiger partial charge in [-0.2, -0.15) is 0 Å². The molecule has 0 spiro atoms. The Morgan fingerprint density at radius 3 is 2.71 bits per heavy atom. The van der Waals surface area contributed by atoms with Crippen LogP contribution in [0.25, 0.3) is 16.6 Å². The molecule has 3 heterocycles. The summed E-state index contributed by atoms with van der Waals surface area (Å²) in [6.45, 7) is 0. The van der Waals surface area contributed by atoms with Crippen molar-refractivity contribution in [2.45, 2.75) is 0 Å². The number of hydrogen-bond acceptors (Lipinski definition) is 6. The molecule has 0 bridgehead atoms. The maximum atomic E-state index is 12.0. The number of benzene rings is 1. The van der Waals surface area contributed by atoms with E-state index in [-0.39, 0.29) is 5.70 Å². The zero-order valence-electron chi connectivity index (χ0n) is 12.1. The van der Waals surface area contributed by atoms with Crippen LogP contribution in [0.15, 0.2) is 57.8 Å². The van der Waals surface area contributed by atoms with E-state index in [1.165, 1.54) is 22.7 Å². The van der Waals surface area contributed by atoms with Crippen LogP contribution in [0.5, 0.6) is 0 Å². The third kappa shape index (κ3) is 3.03. The molecular formula is C17H9ClN2O2S2. The fraction of sp³-hybridized carbons (Fsp3) is 0. The SMILES string of the molecule is O=C1OC(c2cccs2)=N/C1=C/c1csc(-c2ccc(Cl)cc2)n1. The molecule has 24 heavy (non-hydrogen) atoms. The summed E-state index contributed by atoms with van der Waals surface area (Å²) in [6, 6.07) is 11.2. The second kappa shape index (κ2) is 6.32. The van der Waals surface area contributed by atoms with Gasteiger partial charge < -0.3 is 4.74 Å². The van der Waals surface area contributed by atoms with E-state index >= 15 is 0 Å². The van der Waals surface area contributed by atoms with Crippen LogP contribution in [0, 0.1) is 0 Å². The summed E-state index contributed by atoms with van der Waals surface area (Å²) >= 11 is 8.87. The molecular weight excluding hydrogens is 364 g/mol. The Hall–Kier alpha value is -2.28.